The lowest BCUT2D eigenvalue weighted by molar-refractivity contribution is 0.646. The number of benzene rings is 1. The minimum atomic E-state index is 0.622. The van der Waals surface area contributed by atoms with Crippen molar-refractivity contribution in [1.82, 2.24) is 15.0 Å². The van der Waals surface area contributed by atoms with Gasteiger partial charge in [-0.05, 0) is 35.0 Å². The molecule has 1 heterocycles. The van der Waals surface area contributed by atoms with Crippen LogP contribution in [0.5, 0.6) is 0 Å². The van der Waals surface area contributed by atoms with E-state index in [4.69, 9.17) is 11.6 Å². The largest absolute Gasteiger partial charge is 0.245 e. The Hall–Kier alpha value is -0.610. The second-order valence-corrected chi connectivity index (χ2v) is 3.87. The van der Waals surface area contributed by atoms with Gasteiger partial charge in [0.1, 0.15) is 5.52 Å². The van der Waals surface area contributed by atoms with Crippen LogP contribution in [0.2, 0.25) is 5.02 Å². The SMILES string of the molecule is CCn1nnc2c(Cl)c(Br)ccc21. The fourth-order valence-corrected chi connectivity index (χ4v) is 1.73. The molecular formula is C8H7BrClN3. The number of hydrogen-bond donors (Lipinski definition) is 0. The Morgan fingerprint density at radius 1 is 1.54 bits per heavy atom. The molecular weight excluding hydrogens is 253 g/mol. The molecule has 0 saturated carbocycles. The Bertz CT molecular complexity index is 452. The third-order valence-corrected chi connectivity index (χ3v) is 3.15. The van der Waals surface area contributed by atoms with Crippen molar-refractivity contribution in [2.24, 2.45) is 0 Å². The van der Waals surface area contributed by atoms with Crippen LogP contribution in [0.25, 0.3) is 11.0 Å². The monoisotopic (exact) mass is 259 g/mol. The average molecular weight is 261 g/mol. The standard InChI is InChI=1S/C8H7BrClN3/c1-2-13-6-4-3-5(9)7(10)8(6)11-12-13/h3-4H,2H2,1H3. The first-order valence-electron chi connectivity index (χ1n) is 3.91. The lowest BCUT2D eigenvalue weighted by atomic mass is 10.3. The van der Waals surface area contributed by atoms with Crippen LogP contribution in [0.1, 0.15) is 6.92 Å². The molecule has 3 nitrogen and oxygen atoms in total. The Morgan fingerprint density at radius 3 is 3.00 bits per heavy atom. The van der Waals surface area contributed by atoms with Crippen LogP contribution in [0, 0.1) is 0 Å². The van der Waals surface area contributed by atoms with Gasteiger partial charge in [0.25, 0.3) is 0 Å². The van der Waals surface area contributed by atoms with Gasteiger partial charge in [0.2, 0.25) is 0 Å². The van der Waals surface area contributed by atoms with Crippen LogP contribution < -0.4 is 0 Å². The molecule has 0 atom stereocenters. The molecule has 0 aliphatic heterocycles. The Morgan fingerprint density at radius 2 is 2.31 bits per heavy atom. The van der Waals surface area contributed by atoms with Crippen molar-refractivity contribution in [3.05, 3.63) is 21.6 Å². The van der Waals surface area contributed by atoms with Gasteiger partial charge in [-0.25, -0.2) is 4.68 Å². The van der Waals surface area contributed by atoms with Crippen LogP contribution in [0.15, 0.2) is 16.6 Å². The highest BCUT2D eigenvalue weighted by atomic mass is 79.9. The molecule has 13 heavy (non-hydrogen) atoms. The zero-order chi connectivity index (χ0) is 9.42. The Balaban J connectivity index is 2.81. The highest BCUT2D eigenvalue weighted by Crippen LogP contribution is 2.29. The molecule has 0 fully saturated rings. The van der Waals surface area contributed by atoms with Crippen molar-refractivity contribution in [2.75, 3.05) is 0 Å². The van der Waals surface area contributed by atoms with Crippen molar-refractivity contribution in [1.29, 1.82) is 0 Å². The van der Waals surface area contributed by atoms with E-state index in [-0.39, 0.29) is 0 Å². The molecule has 0 N–H and O–H groups in total. The van der Waals surface area contributed by atoms with E-state index in [0.29, 0.717) is 5.02 Å². The fraction of sp³-hybridized carbons (Fsp3) is 0.250. The third-order valence-electron chi connectivity index (χ3n) is 1.88. The summed E-state index contributed by atoms with van der Waals surface area (Å²) in [6.45, 7) is 2.82. The fourth-order valence-electron chi connectivity index (χ4n) is 1.21. The van der Waals surface area contributed by atoms with Gasteiger partial charge in [0, 0.05) is 11.0 Å². The molecule has 0 unspecified atom stereocenters. The summed E-state index contributed by atoms with van der Waals surface area (Å²) in [6, 6.07) is 3.86. The molecule has 0 aliphatic rings. The molecule has 2 aromatic rings. The molecule has 1 aromatic carbocycles. The van der Waals surface area contributed by atoms with Gasteiger partial charge in [-0.3, -0.25) is 0 Å². The van der Waals surface area contributed by atoms with Gasteiger partial charge < -0.3 is 0 Å². The van der Waals surface area contributed by atoms with Crippen molar-refractivity contribution in [3.63, 3.8) is 0 Å². The number of rotatable bonds is 1. The van der Waals surface area contributed by atoms with Crippen molar-refractivity contribution in [2.45, 2.75) is 13.5 Å². The van der Waals surface area contributed by atoms with Crippen LogP contribution in [-0.2, 0) is 6.54 Å². The highest BCUT2D eigenvalue weighted by molar-refractivity contribution is 9.10. The van der Waals surface area contributed by atoms with Gasteiger partial charge in [-0.1, -0.05) is 16.8 Å². The Kier molecular flexibility index (Phi) is 2.26. The van der Waals surface area contributed by atoms with Crippen LogP contribution in [0.3, 0.4) is 0 Å². The van der Waals surface area contributed by atoms with E-state index >= 15 is 0 Å². The summed E-state index contributed by atoms with van der Waals surface area (Å²) >= 11 is 9.37. The predicted molar refractivity (Wildman–Crippen MR) is 55.9 cm³/mol. The Labute approximate surface area is 88.8 Å². The van der Waals surface area contributed by atoms with E-state index in [9.17, 15) is 0 Å². The summed E-state index contributed by atoms with van der Waals surface area (Å²) in [5.74, 6) is 0. The summed E-state index contributed by atoms with van der Waals surface area (Å²) in [5, 5.41) is 8.60. The van der Waals surface area contributed by atoms with E-state index in [1.165, 1.54) is 0 Å². The second-order valence-electron chi connectivity index (χ2n) is 2.63. The van der Waals surface area contributed by atoms with E-state index in [1.54, 1.807) is 0 Å². The molecule has 0 aliphatic carbocycles. The van der Waals surface area contributed by atoms with Gasteiger partial charge in [-0.15, -0.1) is 5.10 Å². The minimum absolute atomic E-state index is 0.622. The zero-order valence-electron chi connectivity index (χ0n) is 6.96. The molecule has 0 spiro atoms. The summed E-state index contributed by atoms with van der Waals surface area (Å²) in [5.41, 5.74) is 1.72. The first-order valence-corrected chi connectivity index (χ1v) is 5.08. The maximum atomic E-state index is 6.03. The minimum Gasteiger partial charge on any atom is -0.245 e. The summed E-state index contributed by atoms with van der Waals surface area (Å²) < 4.78 is 2.66. The third kappa shape index (κ3) is 1.34. The van der Waals surface area contributed by atoms with Crippen LogP contribution in [0.4, 0.5) is 0 Å². The molecule has 0 bridgehead atoms. The molecule has 0 saturated heterocycles. The van der Waals surface area contributed by atoms with Gasteiger partial charge in [0.05, 0.1) is 10.5 Å². The molecule has 0 amide bonds. The summed E-state index contributed by atoms with van der Waals surface area (Å²) in [6.07, 6.45) is 0. The summed E-state index contributed by atoms with van der Waals surface area (Å²) in [4.78, 5) is 0. The topological polar surface area (TPSA) is 30.7 Å². The first kappa shape index (κ1) is 8.97. The van der Waals surface area contributed by atoms with Gasteiger partial charge in [0.15, 0.2) is 0 Å². The second kappa shape index (κ2) is 3.27. The normalized spacial score (nSPS) is 11.0. The molecule has 0 radical (unpaired) electrons. The molecule has 5 heteroatoms. The van der Waals surface area contributed by atoms with Crippen molar-refractivity contribution < 1.29 is 0 Å². The van der Waals surface area contributed by atoms with E-state index < -0.39 is 0 Å². The average Bonchev–Trinajstić information content (AvgIpc) is 2.55. The van der Waals surface area contributed by atoms with Crippen molar-refractivity contribution in [3.8, 4) is 0 Å². The lowest BCUT2D eigenvalue weighted by Crippen LogP contribution is -1.95. The van der Waals surface area contributed by atoms with E-state index in [0.717, 1.165) is 22.1 Å². The first-order chi connectivity index (χ1) is 6.24. The van der Waals surface area contributed by atoms with Gasteiger partial charge in [-0.2, -0.15) is 0 Å². The molecule has 1 aromatic heterocycles. The van der Waals surface area contributed by atoms with Gasteiger partial charge >= 0.3 is 0 Å². The zero-order valence-corrected chi connectivity index (χ0v) is 9.30. The molecule has 2 rings (SSSR count). The number of hydrogen-bond acceptors (Lipinski definition) is 2. The number of fused-ring (bicyclic) bond motifs is 1. The lowest BCUT2D eigenvalue weighted by Gasteiger charge is -1.97. The van der Waals surface area contributed by atoms with Crippen molar-refractivity contribution >= 4 is 38.6 Å². The number of halogens is 2. The van der Waals surface area contributed by atoms with Crippen LogP contribution in [-0.4, -0.2) is 15.0 Å². The summed E-state index contributed by atoms with van der Waals surface area (Å²) in [7, 11) is 0. The maximum Gasteiger partial charge on any atom is 0.132 e. The quantitative estimate of drug-likeness (QED) is 0.789. The number of nitrogens with zero attached hydrogens (tertiary/aromatic N) is 3. The van der Waals surface area contributed by atoms with E-state index in [1.807, 2.05) is 23.7 Å². The highest BCUT2D eigenvalue weighted by Gasteiger charge is 2.08. The van der Waals surface area contributed by atoms with Crippen LogP contribution >= 0.6 is 27.5 Å². The molecule has 68 valence electrons. The maximum absolute atomic E-state index is 6.03. The number of aromatic nitrogens is 3. The smallest absolute Gasteiger partial charge is 0.132 e. The predicted octanol–water partition coefficient (Wildman–Crippen LogP) is 2.87. The number of aryl methyl sites for hydroxylation is 1. The van der Waals surface area contributed by atoms with E-state index in [2.05, 4.69) is 26.2 Å².